The van der Waals surface area contributed by atoms with Gasteiger partial charge in [-0.25, -0.2) is 0 Å². The van der Waals surface area contributed by atoms with Gasteiger partial charge in [0.1, 0.15) is 0 Å². The molecule has 0 aliphatic heterocycles. The van der Waals surface area contributed by atoms with Gasteiger partial charge in [-0.2, -0.15) is 0 Å². The Morgan fingerprint density at radius 3 is 2.76 bits per heavy atom. The zero-order chi connectivity index (χ0) is 12.3. The topological polar surface area (TPSA) is 60.9 Å². The highest BCUT2D eigenvalue weighted by atomic mass is 16.1. The van der Waals surface area contributed by atoms with Gasteiger partial charge in [0.15, 0.2) is 0 Å². The lowest BCUT2D eigenvalue weighted by Gasteiger charge is -2.08. The molecule has 4 nitrogen and oxygen atoms in total. The van der Waals surface area contributed by atoms with E-state index in [1.807, 2.05) is 19.1 Å². The Morgan fingerprint density at radius 2 is 2.06 bits per heavy atom. The Balaban J connectivity index is 2.15. The van der Waals surface area contributed by atoms with Gasteiger partial charge >= 0.3 is 0 Å². The number of aromatic nitrogens is 2. The number of hydrogen-bond donors (Lipinski definition) is 1. The summed E-state index contributed by atoms with van der Waals surface area (Å²) in [5.74, 6) is 0. The van der Waals surface area contributed by atoms with E-state index in [0.717, 1.165) is 17.5 Å². The number of nitrogens with two attached hydrogens (primary N) is 1. The molecule has 0 atom stereocenters. The number of aryl methyl sites for hydroxylation is 3. The van der Waals surface area contributed by atoms with Crippen molar-refractivity contribution >= 4 is 5.69 Å². The summed E-state index contributed by atoms with van der Waals surface area (Å²) in [7, 11) is 0. The summed E-state index contributed by atoms with van der Waals surface area (Å²) in [4.78, 5) is 15.7. The lowest BCUT2D eigenvalue weighted by Crippen LogP contribution is -2.21. The normalized spacial score (nSPS) is 10.4. The molecule has 2 aromatic heterocycles. The van der Waals surface area contributed by atoms with Gasteiger partial charge in [0.05, 0.1) is 5.69 Å². The van der Waals surface area contributed by atoms with Crippen LogP contribution in [-0.2, 0) is 13.0 Å². The van der Waals surface area contributed by atoms with Crippen molar-refractivity contribution in [3.8, 4) is 0 Å². The minimum absolute atomic E-state index is 0.00856. The molecule has 2 N–H and O–H groups in total. The third-order valence-corrected chi connectivity index (χ3v) is 2.76. The molecule has 4 heteroatoms. The predicted octanol–water partition coefficient (Wildman–Crippen LogP) is 1.38. The monoisotopic (exact) mass is 229 g/mol. The largest absolute Gasteiger partial charge is 0.397 e. The fourth-order valence-electron chi connectivity index (χ4n) is 1.66. The van der Waals surface area contributed by atoms with Crippen LogP contribution in [0.25, 0.3) is 0 Å². The maximum Gasteiger partial charge on any atom is 0.250 e. The van der Waals surface area contributed by atoms with E-state index < -0.39 is 0 Å². The van der Waals surface area contributed by atoms with Crippen molar-refractivity contribution in [2.75, 3.05) is 5.73 Å². The smallest absolute Gasteiger partial charge is 0.250 e. The molecule has 0 bridgehead atoms. The van der Waals surface area contributed by atoms with Crippen LogP contribution in [0.15, 0.2) is 41.6 Å². The van der Waals surface area contributed by atoms with Crippen LogP contribution in [-0.4, -0.2) is 9.55 Å². The van der Waals surface area contributed by atoms with Gasteiger partial charge in [-0.3, -0.25) is 9.78 Å². The van der Waals surface area contributed by atoms with Crippen LogP contribution >= 0.6 is 0 Å². The van der Waals surface area contributed by atoms with Crippen molar-refractivity contribution in [3.05, 3.63) is 58.3 Å². The third kappa shape index (κ3) is 2.72. The van der Waals surface area contributed by atoms with Crippen molar-refractivity contribution in [1.82, 2.24) is 9.55 Å². The molecule has 0 aromatic carbocycles. The molecular weight excluding hydrogens is 214 g/mol. The van der Waals surface area contributed by atoms with E-state index in [4.69, 9.17) is 5.73 Å². The molecule has 0 saturated carbocycles. The van der Waals surface area contributed by atoms with Crippen LogP contribution < -0.4 is 11.3 Å². The summed E-state index contributed by atoms with van der Waals surface area (Å²) in [5.41, 5.74) is 8.42. The molecular formula is C13H15N3O. The van der Waals surface area contributed by atoms with E-state index in [-0.39, 0.29) is 5.56 Å². The maximum absolute atomic E-state index is 11.7. The van der Waals surface area contributed by atoms with Crippen molar-refractivity contribution in [1.29, 1.82) is 0 Å². The van der Waals surface area contributed by atoms with E-state index in [1.54, 1.807) is 29.2 Å². The Kier molecular flexibility index (Phi) is 3.23. The first-order valence-electron chi connectivity index (χ1n) is 5.52. The Hall–Kier alpha value is -2.10. The van der Waals surface area contributed by atoms with E-state index in [1.165, 1.54) is 0 Å². The van der Waals surface area contributed by atoms with Gasteiger partial charge in [0.25, 0.3) is 5.56 Å². The van der Waals surface area contributed by atoms with Crippen LogP contribution in [0.2, 0.25) is 0 Å². The fraction of sp³-hybridized carbons (Fsp3) is 0.231. The highest BCUT2D eigenvalue weighted by molar-refractivity contribution is 5.42. The number of rotatable bonds is 3. The molecule has 17 heavy (non-hydrogen) atoms. The van der Waals surface area contributed by atoms with Gasteiger partial charge in [-0.15, -0.1) is 0 Å². The second-order valence-electron chi connectivity index (χ2n) is 4.05. The van der Waals surface area contributed by atoms with Crippen molar-refractivity contribution < 1.29 is 0 Å². The SMILES string of the molecule is Cc1cc(=O)n(CCc2ccncc2)cc1N. The molecule has 0 amide bonds. The van der Waals surface area contributed by atoms with Crippen LogP contribution in [0.3, 0.4) is 0 Å². The van der Waals surface area contributed by atoms with Crippen LogP contribution in [0.5, 0.6) is 0 Å². The Labute approximate surface area is 99.7 Å². The Morgan fingerprint density at radius 1 is 1.35 bits per heavy atom. The number of nitrogen functional groups attached to an aromatic ring is 1. The van der Waals surface area contributed by atoms with Gasteiger partial charge < -0.3 is 10.3 Å². The summed E-state index contributed by atoms with van der Waals surface area (Å²) >= 11 is 0. The summed E-state index contributed by atoms with van der Waals surface area (Å²) < 4.78 is 1.64. The first-order valence-corrected chi connectivity index (χ1v) is 5.52. The molecule has 0 saturated heterocycles. The highest BCUT2D eigenvalue weighted by Gasteiger charge is 2.01. The minimum atomic E-state index is -0.00856. The second kappa shape index (κ2) is 4.82. The predicted molar refractivity (Wildman–Crippen MR) is 67.8 cm³/mol. The molecule has 0 unspecified atom stereocenters. The Bertz CT molecular complexity index is 561. The van der Waals surface area contributed by atoms with Gasteiger partial charge in [0, 0.05) is 31.2 Å². The van der Waals surface area contributed by atoms with Crippen LogP contribution in [0.1, 0.15) is 11.1 Å². The van der Waals surface area contributed by atoms with Crippen molar-refractivity contribution in [3.63, 3.8) is 0 Å². The highest BCUT2D eigenvalue weighted by Crippen LogP contribution is 2.06. The summed E-state index contributed by atoms with van der Waals surface area (Å²) in [6, 6.07) is 5.47. The fourth-order valence-corrected chi connectivity index (χ4v) is 1.66. The average Bonchev–Trinajstić information content (AvgIpc) is 2.33. The lowest BCUT2D eigenvalue weighted by atomic mass is 10.2. The molecule has 88 valence electrons. The standard InChI is InChI=1S/C13H15N3O/c1-10-8-13(17)16(9-12(10)14)7-4-11-2-5-15-6-3-11/h2-3,5-6,8-9H,4,7,14H2,1H3. The van der Waals surface area contributed by atoms with E-state index in [9.17, 15) is 4.79 Å². The molecule has 0 aliphatic carbocycles. The summed E-state index contributed by atoms with van der Waals surface area (Å²) in [6.07, 6.45) is 6.01. The molecule has 2 rings (SSSR count). The zero-order valence-electron chi connectivity index (χ0n) is 9.76. The van der Waals surface area contributed by atoms with E-state index >= 15 is 0 Å². The van der Waals surface area contributed by atoms with Crippen molar-refractivity contribution in [2.45, 2.75) is 19.9 Å². The number of nitrogens with zero attached hydrogens (tertiary/aromatic N) is 2. The van der Waals surface area contributed by atoms with E-state index in [0.29, 0.717) is 12.2 Å². The van der Waals surface area contributed by atoms with Gasteiger partial charge in [0.2, 0.25) is 0 Å². The zero-order valence-corrected chi connectivity index (χ0v) is 9.76. The number of anilines is 1. The van der Waals surface area contributed by atoms with Gasteiger partial charge in [-0.05, 0) is 36.6 Å². The molecule has 0 radical (unpaired) electrons. The first kappa shape index (κ1) is 11.4. The number of pyridine rings is 2. The number of hydrogen-bond acceptors (Lipinski definition) is 3. The quantitative estimate of drug-likeness (QED) is 0.864. The van der Waals surface area contributed by atoms with Gasteiger partial charge in [-0.1, -0.05) is 0 Å². The van der Waals surface area contributed by atoms with Crippen molar-refractivity contribution in [2.24, 2.45) is 0 Å². The summed E-state index contributed by atoms with van der Waals surface area (Å²) in [6.45, 7) is 2.47. The third-order valence-electron chi connectivity index (χ3n) is 2.76. The van der Waals surface area contributed by atoms with E-state index in [2.05, 4.69) is 4.98 Å². The molecule has 2 heterocycles. The second-order valence-corrected chi connectivity index (χ2v) is 4.05. The maximum atomic E-state index is 11.7. The summed E-state index contributed by atoms with van der Waals surface area (Å²) in [5, 5.41) is 0. The van der Waals surface area contributed by atoms with Crippen LogP contribution in [0.4, 0.5) is 5.69 Å². The average molecular weight is 229 g/mol. The molecule has 0 aliphatic rings. The lowest BCUT2D eigenvalue weighted by molar-refractivity contribution is 0.669. The van der Waals surface area contributed by atoms with Crippen LogP contribution in [0, 0.1) is 6.92 Å². The molecule has 2 aromatic rings. The molecule has 0 fully saturated rings. The first-order chi connectivity index (χ1) is 8.16. The minimum Gasteiger partial charge on any atom is -0.397 e. The molecule has 0 spiro atoms.